The minimum atomic E-state index is -0.0669. The molecule has 0 amide bonds. The number of nitrogens with two attached hydrogens (primary N) is 1. The van der Waals surface area contributed by atoms with Crippen LogP contribution < -0.4 is 11.3 Å². The van der Waals surface area contributed by atoms with Gasteiger partial charge in [0.05, 0.1) is 6.04 Å². The second-order valence-electron chi connectivity index (χ2n) is 4.77. The minimum Gasteiger partial charge on any atom is -0.271 e. The molecule has 0 aliphatic carbocycles. The Balaban J connectivity index is 2.17. The van der Waals surface area contributed by atoms with Crippen LogP contribution in [0.1, 0.15) is 22.9 Å². The van der Waals surface area contributed by atoms with Gasteiger partial charge in [-0.25, -0.2) is 5.43 Å². The molecule has 4 nitrogen and oxygen atoms in total. The van der Waals surface area contributed by atoms with E-state index in [0.717, 1.165) is 27.6 Å². The molecule has 3 aromatic rings. The number of rotatable bonds is 3. The van der Waals surface area contributed by atoms with Crippen molar-refractivity contribution in [2.24, 2.45) is 5.84 Å². The summed E-state index contributed by atoms with van der Waals surface area (Å²) in [5.41, 5.74) is 6.12. The Morgan fingerprint density at radius 3 is 2.85 bits per heavy atom. The first kappa shape index (κ1) is 12.7. The smallest absolute Gasteiger partial charge is 0.0717 e. The van der Waals surface area contributed by atoms with Crippen molar-refractivity contribution in [1.29, 1.82) is 0 Å². The molecule has 3 N–H and O–H groups in total. The van der Waals surface area contributed by atoms with E-state index in [1.54, 1.807) is 6.20 Å². The predicted octanol–water partition coefficient (Wildman–Crippen LogP) is 2.49. The molecule has 2 heterocycles. The SMILES string of the molecule is Cc1cc(C(NN)c2cccc3cnccc23)ccn1. The zero-order valence-electron chi connectivity index (χ0n) is 11.2. The van der Waals surface area contributed by atoms with Crippen molar-refractivity contribution in [2.45, 2.75) is 13.0 Å². The predicted molar refractivity (Wildman–Crippen MR) is 79.9 cm³/mol. The van der Waals surface area contributed by atoms with E-state index < -0.39 is 0 Å². The number of aromatic nitrogens is 2. The minimum absolute atomic E-state index is 0.0669. The van der Waals surface area contributed by atoms with E-state index in [9.17, 15) is 0 Å². The van der Waals surface area contributed by atoms with Gasteiger partial charge in [0.1, 0.15) is 0 Å². The van der Waals surface area contributed by atoms with Crippen molar-refractivity contribution in [3.63, 3.8) is 0 Å². The fourth-order valence-electron chi connectivity index (χ4n) is 2.51. The topological polar surface area (TPSA) is 63.8 Å². The van der Waals surface area contributed by atoms with E-state index in [4.69, 9.17) is 5.84 Å². The van der Waals surface area contributed by atoms with E-state index in [2.05, 4.69) is 27.5 Å². The highest BCUT2D eigenvalue weighted by molar-refractivity contribution is 5.85. The number of nitrogens with one attached hydrogen (secondary N) is 1. The summed E-state index contributed by atoms with van der Waals surface area (Å²) in [6.07, 6.45) is 5.48. The molecule has 1 unspecified atom stereocenters. The summed E-state index contributed by atoms with van der Waals surface area (Å²) in [7, 11) is 0. The van der Waals surface area contributed by atoms with E-state index in [1.165, 1.54) is 0 Å². The Hall–Kier alpha value is -2.30. The molecule has 0 aliphatic rings. The van der Waals surface area contributed by atoms with Crippen LogP contribution in [0.5, 0.6) is 0 Å². The van der Waals surface area contributed by atoms with Crippen LogP contribution >= 0.6 is 0 Å². The molecule has 0 saturated carbocycles. The Morgan fingerprint density at radius 2 is 2.05 bits per heavy atom. The maximum absolute atomic E-state index is 5.79. The lowest BCUT2D eigenvalue weighted by Gasteiger charge is -2.19. The zero-order chi connectivity index (χ0) is 13.9. The van der Waals surface area contributed by atoms with Gasteiger partial charge in [-0.1, -0.05) is 18.2 Å². The average Bonchev–Trinajstić information content (AvgIpc) is 2.48. The lowest BCUT2D eigenvalue weighted by Crippen LogP contribution is -2.29. The summed E-state index contributed by atoms with van der Waals surface area (Å²) in [4.78, 5) is 8.40. The fourth-order valence-corrected chi connectivity index (χ4v) is 2.51. The van der Waals surface area contributed by atoms with Crippen LogP contribution in [0, 0.1) is 6.92 Å². The van der Waals surface area contributed by atoms with Gasteiger partial charge in [0.25, 0.3) is 0 Å². The lowest BCUT2D eigenvalue weighted by molar-refractivity contribution is 0.639. The van der Waals surface area contributed by atoms with Crippen LogP contribution in [0.15, 0.2) is 55.0 Å². The maximum Gasteiger partial charge on any atom is 0.0717 e. The van der Waals surface area contributed by atoms with Crippen molar-refractivity contribution < 1.29 is 0 Å². The number of hydrazine groups is 1. The molecule has 100 valence electrons. The number of pyridine rings is 2. The average molecular weight is 264 g/mol. The zero-order valence-corrected chi connectivity index (χ0v) is 11.2. The lowest BCUT2D eigenvalue weighted by atomic mass is 9.95. The molecule has 3 rings (SSSR count). The first-order valence-corrected chi connectivity index (χ1v) is 6.51. The highest BCUT2D eigenvalue weighted by Crippen LogP contribution is 2.28. The quantitative estimate of drug-likeness (QED) is 0.563. The largest absolute Gasteiger partial charge is 0.271 e. The highest BCUT2D eigenvalue weighted by Gasteiger charge is 2.15. The van der Waals surface area contributed by atoms with Crippen molar-refractivity contribution in [2.75, 3.05) is 0 Å². The highest BCUT2D eigenvalue weighted by atomic mass is 15.2. The number of fused-ring (bicyclic) bond motifs is 1. The summed E-state index contributed by atoms with van der Waals surface area (Å²) < 4.78 is 0. The standard InChI is InChI=1S/C16H16N4/c1-11-9-12(5-8-19-11)16(20-17)15-4-2-3-13-10-18-7-6-14(13)15/h2-10,16,20H,17H2,1H3. The van der Waals surface area contributed by atoms with Gasteiger partial charge in [0.2, 0.25) is 0 Å². The number of hydrogen-bond donors (Lipinski definition) is 2. The van der Waals surface area contributed by atoms with Crippen LogP contribution in [0.4, 0.5) is 0 Å². The van der Waals surface area contributed by atoms with Gasteiger partial charge < -0.3 is 0 Å². The molecule has 0 aliphatic heterocycles. The summed E-state index contributed by atoms with van der Waals surface area (Å²) in [6, 6.07) is 12.1. The van der Waals surface area contributed by atoms with Crippen molar-refractivity contribution in [3.8, 4) is 0 Å². The maximum atomic E-state index is 5.79. The molecule has 0 spiro atoms. The summed E-state index contributed by atoms with van der Waals surface area (Å²) in [6.45, 7) is 1.98. The van der Waals surface area contributed by atoms with Gasteiger partial charge in [-0.3, -0.25) is 15.8 Å². The Labute approximate surface area is 117 Å². The normalized spacial score (nSPS) is 12.5. The molecule has 0 bridgehead atoms. The third-order valence-electron chi connectivity index (χ3n) is 3.45. The third-order valence-corrected chi connectivity index (χ3v) is 3.45. The summed E-state index contributed by atoms with van der Waals surface area (Å²) >= 11 is 0. The number of aryl methyl sites for hydroxylation is 1. The van der Waals surface area contributed by atoms with Crippen LogP contribution in [0.2, 0.25) is 0 Å². The fraction of sp³-hybridized carbons (Fsp3) is 0.125. The number of nitrogens with zero attached hydrogens (tertiary/aromatic N) is 2. The Bertz CT molecular complexity index is 734. The van der Waals surface area contributed by atoms with Crippen LogP contribution in [0.25, 0.3) is 10.8 Å². The number of hydrogen-bond acceptors (Lipinski definition) is 4. The second-order valence-corrected chi connectivity index (χ2v) is 4.77. The first-order valence-electron chi connectivity index (χ1n) is 6.51. The summed E-state index contributed by atoms with van der Waals surface area (Å²) in [5, 5.41) is 2.26. The Kier molecular flexibility index (Phi) is 3.41. The van der Waals surface area contributed by atoms with E-state index in [1.807, 2.05) is 43.6 Å². The van der Waals surface area contributed by atoms with Crippen molar-refractivity contribution in [3.05, 3.63) is 71.8 Å². The molecule has 1 aromatic carbocycles. The van der Waals surface area contributed by atoms with Gasteiger partial charge in [0.15, 0.2) is 0 Å². The molecule has 20 heavy (non-hydrogen) atoms. The van der Waals surface area contributed by atoms with Gasteiger partial charge in [-0.05, 0) is 41.6 Å². The molecular formula is C16H16N4. The second kappa shape index (κ2) is 5.36. The monoisotopic (exact) mass is 264 g/mol. The van der Waals surface area contributed by atoms with Crippen LogP contribution in [-0.2, 0) is 0 Å². The van der Waals surface area contributed by atoms with E-state index in [0.29, 0.717) is 0 Å². The van der Waals surface area contributed by atoms with Gasteiger partial charge >= 0.3 is 0 Å². The third kappa shape index (κ3) is 2.27. The van der Waals surface area contributed by atoms with Crippen molar-refractivity contribution in [1.82, 2.24) is 15.4 Å². The van der Waals surface area contributed by atoms with Crippen LogP contribution in [0.3, 0.4) is 0 Å². The Morgan fingerprint density at radius 1 is 1.15 bits per heavy atom. The molecule has 0 saturated heterocycles. The van der Waals surface area contributed by atoms with E-state index in [-0.39, 0.29) is 6.04 Å². The molecular weight excluding hydrogens is 248 g/mol. The van der Waals surface area contributed by atoms with E-state index >= 15 is 0 Å². The molecule has 2 aromatic heterocycles. The number of benzene rings is 1. The van der Waals surface area contributed by atoms with Crippen LogP contribution in [-0.4, -0.2) is 9.97 Å². The first-order chi connectivity index (χ1) is 9.79. The molecule has 4 heteroatoms. The van der Waals surface area contributed by atoms with Gasteiger partial charge in [-0.15, -0.1) is 0 Å². The summed E-state index contributed by atoms with van der Waals surface area (Å²) in [5.74, 6) is 5.79. The molecule has 0 fully saturated rings. The van der Waals surface area contributed by atoms with Gasteiger partial charge in [-0.2, -0.15) is 0 Å². The molecule has 1 atom stereocenters. The van der Waals surface area contributed by atoms with Crippen molar-refractivity contribution >= 4 is 10.8 Å². The molecule has 0 radical (unpaired) electrons. The van der Waals surface area contributed by atoms with Gasteiger partial charge in [0, 0.05) is 29.7 Å².